The number of hydrogen-bond donors (Lipinski definition) is 1. The van der Waals surface area contributed by atoms with E-state index < -0.39 is 0 Å². The monoisotopic (exact) mass is 355 g/mol. The van der Waals surface area contributed by atoms with Crippen molar-refractivity contribution in [1.29, 1.82) is 0 Å². The molecule has 0 saturated carbocycles. The summed E-state index contributed by atoms with van der Waals surface area (Å²) in [5.74, 6) is 1.33. The second-order valence-corrected chi connectivity index (χ2v) is 6.77. The van der Waals surface area contributed by atoms with Gasteiger partial charge in [-0.15, -0.1) is 10.2 Å². The zero-order chi connectivity index (χ0) is 17.2. The van der Waals surface area contributed by atoms with Crippen LogP contribution in [-0.4, -0.2) is 59.3 Å². The first-order valence-corrected chi connectivity index (χ1v) is 9.90. The Bertz CT molecular complexity index is 503. The summed E-state index contributed by atoms with van der Waals surface area (Å²) in [5, 5.41) is 12.4. The van der Waals surface area contributed by atoms with Crippen molar-refractivity contribution in [2.45, 2.75) is 51.2 Å². The van der Waals surface area contributed by atoms with Crippen molar-refractivity contribution in [2.75, 3.05) is 43.5 Å². The van der Waals surface area contributed by atoms with Gasteiger partial charge in [0.05, 0.1) is 19.0 Å². The maximum atomic E-state index is 11.9. The van der Waals surface area contributed by atoms with Gasteiger partial charge in [0.2, 0.25) is 11.9 Å². The van der Waals surface area contributed by atoms with Crippen LogP contribution in [0.3, 0.4) is 0 Å². The fraction of sp³-hybridized carbons (Fsp3) is 0.812. The molecule has 0 aromatic carbocycles. The molecule has 7 nitrogen and oxygen atoms in total. The van der Waals surface area contributed by atoms with Crippen molar-refractivity contribution in [3.63, 3.8) is 0 Å². The number of nitrogens with zero attached hydrogens (tertiary/aromatic N) is 4. The van der Waals surface area contributed by atoms with E-state index >= 15 is 0 Å². The zero-order valence-electron chi connectivity index (χ0n) is 14.8. The number of hydrogen-bond acceptors (Lipinski definition) is 6. The average molecular weight is 356 g/mol. The first-order valence-electron chi connectivity index (χ1n) is 8.91. The van der Waals surface area contributed by atoms with E-state index in [1.165, 1.54) is 31.0 Å². The van der Waals surface area contributed by atoms with Gasteiger partial charge in [-0.2, -0.15) is 0 Å². The van der Waals surface area contributed by atoms with Crippen LogP contribution >= 0.6 is 11.8 Å². The van der Waals surface area contributed by atoms with Crippen LogP contribution in [0.5, 0.6) is 0 Å². The molecule has 1 amide bonds. The zero-order valence-corrected chi connectivity index (χ0v) is 15.6. The normalized spacial score (nSPS) is 14.8. The smallest absolute Gasteiger partial charge is 0.230 e. The molecule has 2 rings (SSSR count). The Morgan fingerprint density at radius 1 is 1.21 bits per heavy atom. The lowest BCUT2D eigenvalue weighted by molar-refractivity contribution is -0.118. The van der Waals surface area contributed by atoms with Gasteiger partial charge in [0.25, 0.3) is 0 Å². The molecule has 1 fully saturated rings. The Labute approximate surface area is 148 Å². The van der Waals surface area contributed by atoms with Crippen LogP contribution in [0.4, 0.5) is 5.95 Å². The lowest BCUT2D eigenvalue weighted by atomic mass is 10.2. The number of carbonyl (C=O) groups is 1. The minimum Gasteiger partial charge on any atom is -0.378 e. The third-order valence-electron chi connectivity index (χ3n) is 3.99. The summed E-state index contributed by atoms with van der Waals surface area (Å²) >= 11 is 1.45. The lowest BCUT2D eigenvalue weighted by Gasteiger charge is -2.27. The summed E-state index contributed by atoms with van der Waals surface area (Å²) in [6, 6.07) is 0. The van der Waals surface area contributed by atoms with Crippen LogP contribution in [-0.2, 0) is 16.1 Å². The van der Waals surface area contributed by atoms with E-state index in [2.05, 4.69) is 38.8 Å². The highest BCUT2D eigenvalue weighted by atomic mass is 32.2. The van der Waals surface area contributed by atoms with Gasteiger partial charge in [-0.1, -0.05) is 37.9 Å². The highest BCUT2D eigenvalue weighted by Crippen LogP contribution is 2.22. The largest absolute Gasteiger partial charge is 0.378 e. The molecular weight excluding hydrogens is 326 g/mol. The third-order valence-corrected chi connectivity index (χ3v) is 4.96. The van der Waals surface area contributed by atoms with Crippen molar-refractivity contribution >= 4 is 23.6 Å². The van der Waals surface area contributed by atoms with Gasteiger partial charge in [0.1, 0.15) is 0 Å². The van der Waals surface area contributed by atoms with Gasteiger partial charge in [-0.25, -0.2) is 0 Å². The van der Waals surface area contributed by atoms with Gasteiger partial charge >= 0.3 is 0 Å². The van der Waals surface area contributed by atoms with E-state index in [-0.39, 0.29) is 5.91 Å². The number of morpholine rings is 1. The van der Waals surface area contributed by atoms with Gasteiger partial charge < -0.3 is 15.0 Å². The van der Waals surface area contributed by atoms with E-state index in [0.29, 0.717) is 5.75 Å². The summed E-state index contributed by atoms with van der Waals surface area (Å²) < 4.78 is 7.46. The summed E-state index contributed by atoms with van der Waals surface area (Å²) in [4.78, 5) is 14.1. The maximum absolute atomic E-state index is 11.9. The maximum Gasteiger partial charge on any atom is 0.230 e. The first-order chi connectivity index (χ1) is 11.8. The van der Waals surface area contributed by atoms with Crippen LogP contribution < -0.4 is 10.2 Å². The Kier molecular flexibility index (Phi) is 8.38. The van der Waals surface area contributed by atoms with Crippen LogP contribution in [0.1, 0.15) is 39.5 Å². The number of anilines is 1. The number of thioether (sulfide) groups is 1. The second kappa shape index (κ2) is 10.6. The van der Waals surface area contributed by atoms with Gasteiger partial charge in [-0.3, -0.25) is 9.36 Å². The molecule has 1 N–H and O–H groups in total. The predicted molar refractivity (Wildman–Crippen MR) is 96.6 cm³/mol. The number of rotatable bonds is 10. The summed E-state index contributed by atoms with van der Waals surface area (Å²) in [5.41, 5.74) is 0. The van der Waals surface area contributed by atoms with E-state index in [0.717, 1.165) is 56.9 Å². The molecule has 0 bridgehead atoms. The topological polar surface area (TPSA) is 72.3 Å². The molecule has 1 saturated heterocycles. The third kappa shape index (κ3) is 5.66. The van der Waals surface area contributed by atoms with E-state index in [1.807, 2.05) is 0 Å². The second-order valence-electron chi connectivity index (χ2n) is 5.83. The van der Waals surface area contributed by atoms with Crippen molar-refractivity contribution in [2.24, 2.45) is 0 Å². The minimum atomic E-state index is 0.0649. The molecule has 8 heteroatoms. The highest BCUT2D eigenvalue weighted by Gasteiger charge is 2.20. The molecule has 0 aliphatic carbocycles. The Morgan fingerprint density at radius 2 is 2.00 bits per heavy atom. The molecule has 136 valence electrons. The fourth-order valence-electron chi connectivity index (χ4n) is 2.62. The number of ether oxygens (including phenoxy) is 1. The van der Waals surface area contributed by atoms with Crippen LogP contribution in [0.15, 0.2) is 5.16 Å². The lowest BCUT2D eigenvalue weighted by Crippen LogP contribution is -2.38. The minimum absolute atomic E-state index is 0.0649. The molecule has 2 heterocycles. The predicted octanol–water partition coefficient (Wildman–Crippen LogP) is 1.92. The molecule has 1 aromatic rings. The van der Waals surface area contributed by atoms with Crippen LogP contribution in [0.25, 0.3) is 0 Å². The quantitative estimate of drug-likeness (QED) is 0.511. The van der Waals surface area contributed by atoms with Crippen molar-refractivity contribution in [1.82, 2.24) is 20.1 Å². The van der Waals surface area contributed by atoms with Crippen molar-refractivity contribution < 1.29 is 9.53 Å². The van der Waals surface area contributed by atoms with Gasteiger partial charge in [0, 0.05) is 26.2 Å². The molecule has 0 radical (unpaired) electrons. The number of aromatic nitrogens is 3. The molecule has 0 spiro atoms. The summed E-state index contributed by atoms with van der Waals surface area (Å²) in [7, 11) is 0. The molecular formula is C16H29N5O2S. The van der Waals surface area contributed by atoms with E-state index in [1.54, 1.807) is 0 Å². The SMILES string of the molecule is CCCCCCNC(=O)CSc1nnc(N2CCOCC2)n1CC. The van der Waals surface area contributed by atoms with Crippen molar-refractivity contribution in [3.8, 4) is 0 Å². The number of unbranched alkanes of at least 4 members (excludes halogenated alkanes) is 3. The summed E-state index contributed by atoms with van der Waals surface area (Å²) in [6.07, 6.45) is 4.67. The molecule has 0 atom stereocenters. The van der Waals surface area contributed by atoms with Crippen molar-refractivity contribution in [3.05, 3.63) is 0 Å². The molecule has 1 aromatic heterocycles. The highest BCUT2D eigenvalue weighted by molar-refractivity contribution is 7.99. The summed E-state index contributed by atoms with van der Waals surface area (Å²) in [6.45, 7) is 8.93. The van der Waals surface area contributed by atoms with Gasteiger partial charge in [-0.05, 0) is 13.3 Å². The first kappa shape index (κ1) is 19.1. The molecule has 0 unspecified atom stereocenters. The van der Waals surface area contributed by atoms with E-state index in [4.69, 9.17) is 4.74 Å². The number of carbonyl (C=O) groups excluding carboxylic acids is 1. The Morgan fingerprint density at radius 3 is 2.71 bits per heavy atom. The van der Waals surface area contributed by atoms with Crippen LogP contribution in [0, 0.1) is 0 Å². The van der Waals surface area contributed by atoms with E-state index in [9.17, 15) is 4.79 Å². The molecule has 24 heavy (non-hydrogen) atoms. The van der Waals surface area contributed by atoms with Crippen LogP contribution in [0.2, 0.25) is 0 Å². The average Bonchev–Trinajstić information content (AvgIpc) is 3.03. The number of amides is 1. The van der Waals surface area contributed by atoms with Gasteiger partial charge in [0.15, 0.2) is 5.16 Å². The Hall–Kier alpha value is -1.28. The standard InChI is InChI=1S/C16H29N5O2S/c1-3-5-6-7-8-17-14(22)13-24-16-19-18-15(21(16)4-2)20-9-11-23-12-10-20/h3-13H2,1-2H3,(H,17,22). The number of nitrogens with one attached hydrogen (secondary N) is 1. The fourth-order valence-corrected chi connectivity index (χ4v) is 3.45. The molecule has 1 aliphatic heterocycles. The Balaban J connectivity index is 1.79. The molecule has 1 aliphatic rings.